The van der Waals surface area contributed by atoms with Gasteiger partial charge in [-0.1, -0.05) is 31.1 Å². The number of ketones is 1. The lowest BCUT2D eigenvalue weighted by atomic mass is 10.0. The maximum absolute atomic E-state index is 11.2. The zero-order valence-electron chi connectivity index (χ0n) is 12.3. The van der Waals surface area contributed by atoms with Crippen molar-refractivity contribution in [3.05, 3.63) is 35.7 Å². The summed E-state index contributed by atoms with van der Waals surface area (Å²) in [5.74, 6) is 0.676. The van der Waals surface area contributed by atoms with Gasteiger partial charge in [0, 0.05) is 10.5 Å². The van der Waals surface area contributed by atoms with Crippen LogP contribution in [0.1, 0.15) is 32.2 Å². The quantitative estimate of drug-likeness (QED) is 0.869. The third kappa shape index (κ3) is 3.95. The van der Waals surface area contributed by atoms with Crippen molar-refractivity contribution in [3.8, 4) is 11.1 Å². The standard InChI is InChI=1S/C13H14N2O2S.C2H6/c1-8(16)7-12-13(9(2)15-17-12)10-3-5-11(18-14)6-4-10;1-2/h3-6H,7,14H2,1-2H3;1-2H3. The Labute approximate surface area is 123 Å². The van der Waals surface area contributed by atoms with Crippen LogP contribution >= 0.6 is 11.9 Å². The topological polar surface area (TPSA) is 69.1 Å². The van der Waals surface area contributed by atoms with E-state index in [4.69, 9.17) is 9.66 Å². The molecular formula is C15H20N2O2S. The van der Waals surface area contributed by atoms with Gasteiger partial charge in [-0.25, -0.2) is 0 Å². The highest BCUT2D eigenvalue weighted by Gasteiger charge is 2.16. The van der Waals surface area contributed by atoms with Gasteiger partial charge in [0.05, 0.1) is 12.1 Å². The Balaban J connectivity index is 0.000000956. The Morgan fingerprint density at radius 1 is 1.30 bits per heavy atom. The predicted molar refractivity (Wildman–Crippen MR) is 82.5 cm³/mol. The van der Waals surface area contributed by atoms with Gasteiger partial charge in [-0.05, 0) is 43.5 Å². The number of carbonyl (C=O) groups excluding carboxylic acids is 1. The number of benzene rings is 1. The molecule has 0 spiro atoms. The van der Waals surface area contributed by atoms with E-state index in [1.807, 2.05) is 45.0 Å². The maximum atomic E-state index is 11.2. The fraction of sp³-hybridized carbons (Fsp3) is 0.333. The smallest absolute Gasteiger partial charge is 0.152 e. The molecular weight excluding hydrogens is 272 g/mol. The van der Waals surface area contributed by atoms with E-state index in [0.717, 1.165) is 21.7 Å². The van der Waals surface area contributed by atoms with Crippen molar-refractivity contribution in [3.63, 3.8) is 0 Å². The van der Waals surface area contributed by atoms with Gasteiger partial charge in [-0.3, -0.25) is 9.93 Å². The van der Waals surface area contributed by atoms with Gasteiger partial charge >= 0.3 is 0 Å². The minimum atomic E-state index is 0.0570. The first-order chi connectivity index (χ1) is 9.61. The Bertz CT molecular complexity index is 562. The molecule has 0 amide bonds. The highest BCUT2D eigenvalue weighted by molar-refractivity contribution is 7.97. The first-order valence-electron chi connectivity index (χ1n) is 6.53. The molecule has 0 saturated heterocycles. The van der Waals surface area contributed by atoms with E-state index in [2.05, 4.69) is 5.16 Å². The van der Waals surface area contributed by atoms with Gasteiger partial charge < -0.3 is 4.52 Å². The van der Waals surface area contributed by atoms with Gasteiger partial charge in [-0.15, -0.1) is 0 Å². The zero-order valence-corrected chi connectivity index (χ0v) is 13.1. The minimum Gasteiger partial charge on any atom is -0.360 e. The largest absolute Gasteiger partial charge is 0.360 e. The van der Waals surface area contributed by atoms with E-state index in [9.17, 15) is 4.79 Å². The van der Waals surface area contributed by atoms with Crippen LogP contribution in [0.5, 0.6) is 0 Å². The Morgan fingerprint density at radius 3 is 2.40 bits per heavy atom. The van der Waals surface area contributed by atoms with Crippen LogP contribution in [-0.4, -0.2) is 10.9 Å². The summed E-state index contributed by atoms with van der Waals surface area (Å²) in [4.78, 5) is 12.2. The highest BCUT2D eigenvalue weighted by atomic mass is 32.2. The third-order valence-corrected chi connectivity index (χ3v) is 3.17. The molecule has 0 unspecified atom stereocenters. The third-order valence-electron chi connectivity index (χ3n) is 2.62. The van der Waals surface area contributed by atoms with Crippen LogP contribution < -0.4 is 5.14 Å². The van der Waals surface area contributed by atoms with Gasteiger partial charge in [0.15, 0.2) is 5.76 Å². The molecule has 0 bridgehead atoms. The second-order valence-electron chi connectivity index (χ2n) is 4.09. The summed E-state index contributed by atoms with van der Waals surface area (Å²) in [6.45, 7) is 7.41. The second kappa shape index (κ2) is 7.87. The lowest BCUT2D eigenvalue weighted by Gasteiger charge is -2.03. The molecule has 2 aromatic rings. The number of aromatic nitrogens is 1. The van der Waals surface area contributed by atoms with Crippen LogP contribution in [-0.2, 0) is 11.2 Å². The van der Waals surface area contributed by atoms with Crippen LogP contribution in [0.4, 0.5) is 0 Å². The molecule has 4 nitrogen and oxygen atoms in total. The zero-order chi connectivity index (χ0) is 15.1. The first-order valence-corrected chi connectivity index (χ1v) is 7.41. The number of hydrogen-bond acceptors (Lipinski definition) is 5. The lowest BCUT2D eigenvalue weighted by molar-refractivity contribution is -0.116. The molecule has 1 aromatic heterocycles. The monoisotopic (exact) mass is 292 g/mol. The summed E-state index contributed by atoms with van der Waals surface area (Å²) in [7, 11) is 0. The van der Waals surface area contributed by atoms with Crippen LogP contribution in [0.15, 0.2) is 33.7 Å². The molecule has 0 fully saturated rings. The number of Topliss-reactive ketones (excluding diaryl/α,β-unsaturated/α-hetero) is 1. The predicted octanol–water partition coefficient (Wildman–Crippen LogP) is 3.77. The van der Waals surface area contributed by atoms with E-state index < -0.39 is 0 Å². The molecule has 0 aliphatic rings. The average molecular weight is 292 g/mol. The number of nitrogens with two attached hydrogens (primary N) is 1. The number of carbonyl (C=O) groups is 1. The maximum Gasteiger partial charge on any atom is 0.152 e. The van der Waals surface area contributed by atoms with Gasteiger partial charge in [0.1, 0.15) is 5.78 Å². The summed E-state index contributed by atoms with van der Waals surface area (Å²) in [5, 5.41) is 9.42. The van der Waals surface area contributed by atoms with Crippen LogP contribution in [0.25, 0.3) is 11.1 Å². The Morgan fingerprint density at radius 2 is 1.90 bits per heavy atom. The fourth-order valence-electron chi connectivity index (χ4n) is 1.83. The van der Waals surface area contributed by atoms with E-state index in [1.165, 1.54) is 18.9 Å². The lowest BCUT2D eigenvalue weighted by Crippen LogP contribution is -1.96. The normalized spacial score (nSPS) is 9.85. The van der Waals surface area contributed by atoms with E-state index in [1.54, 1.807) is 0 Å². The van der Waals surface area contributed by atoms with Crippen molar-refractivity contribution < 1.29 is 9.32 Å². The van der Waals surface area contributed by atoms with Crippen molar-refractivity contribution in [1.82, 2.24) is 5.16 Å². The fourth-order valence-corrected chi connectivity index (χ4v) is 2.13. The number of nitrogens with zero attached hydrogens (tertiary/aromatic N) is 1. The number of rotatable bonds is 4. The Kier molecular flexibility index (Phi) is 6.48. The molecule has 20 heavy (non-hydrogen) atoms. The average Bonchev–Trinajstić information content (AvgIpc) is 2.81. The van der Waals surface area contributed by atoms with Gasteiger partial charge in [0.25, 0.3) is 0 Å². The highest BCUT2D eigenvalue weighted by Crippen LogP contribution is 2.29. The van der Waals surface area contributed by atoms with Crippen LogP contribution in [0.2, 0.25) is 0 Å². The van der Waals surface area contributed by atoms with Gasteiger partial charge in [0.2, 0.25) is 0 Å². The molecule has 0 aliphatic heterocycles. The number of aryl methyl sites for hydroxylation is 1. The molecule has 0 radical (unpaired) electrons. The molecule has 5 heteroatoms. The summed E-state index contributed by atoms with van der Waals surface area (Å²) in [6, 6.07) is 7.78. The van der Waals surface area contributed by atoms with E-state index >= 15 is 0 Å². The summed E-state index contributed by atoms with van der Waals surface area (Å²) in [5.41, 5.74) is 2.68. The molecule has 0 aliphatic carbocycles. The van der Waals surface area contributed by atoms with Crippen molar-refractivity contribution in [2.75, 3.05) is 0 Å². The van der Waals surface area contributed by atoms with Crippen molar-refractivity contribution >= 4 is 17.7 Å². The molecule has 2 N–H and O–H groups in total. The molecule has 0 atom stereocenters. The molecule has 0 saturated carbocycles. The summed E-state index contributed by atoms with van der Waals surface area (Å²) < 4.78 is 5.22. The molecule has 1 heterocycles. The SMILES string of the molecule is CC.CC(=O)Cc1onc(C)c1-c1ccc(SN)cc1. The molecule has 1 aromatic carbocycles. The second-order valence-corrected chi connectivity index (χ2v) is 4.79. The molecule has 108 valence electrons. The van der Waals surface area contributed by atoms with E-state index in [-0.39, 0.29) is 12.2 Å². The van der Waals surface area contributed by atoms with Gasteiger partial charge in [-0.2, -0.15) is 0 Å². The van der Waals surface area contributed by atoms with Crippen LogP contribution in [0.3, 0.4) is 0 Å². The van der Waals surface area contributed by atoms with Crippen molar-refractivity contribution in [2.24, 2.45) is 5.14 Å². The summed E-state index contributed by atoms with van der Waals surface area (Å²) in [6.07, 6.45) is 0.267. The molecule has 2 rings (SSSR count). The van der Waals surface area contributed by atoms with Crippen molar-refractivity contribution in [2.45, 2.75) is 39.0 Å². The number of hydrogen-bond donors (Lipinski definition) is 1. The van der Waals surface area contributed by atoms with Crippen molar-refractivity contribution in [1.29, 1.82) is 0 Å². The van der Waals surface area contributed by atoms with E-state index in [0.29, 0.717) is 5.76 Å². The first kappa shape index (κ1) is 16.5. The minimum absolute atomic E-state index is 0.0570. The van der Waals surface area contributed by atoms with Crippen LogP contribution in [0, 0.1) is 6.92 Å². The Hall–Kier alpha value is -1.59. The summed E-state index contributed by atoms with van der Waals surface area (Å²) >= 11 is 1.20.